The SMILES string of the molecule is CC1(C)c2ccccc2-c2ccc(N(c3ccccc3)c3ccc(C4=NC(c5ccccc5)NC(c5ccccc5)=N4)c4oc5ccccc5c34)cc21. The average Bonchev–Trinajstić information content (AvgIpc) is 3.72. The number of nitrogens with one attached hydrogen (secondary N) is 1. The largest absolute Gasteiger partial charge is 0.455 e. The second kappa shape index (κ2) is 12.2. The summed E-state index contributed by atoms with van der Waals surface area (Å²) in [6, 6.07) is 59.5. The fraction of sp³-hybridized carbons (Fsp3) is 0.0833. The zero-order valence-corrected chi connectivity index (χ0v) is 29.5. The van der Waals surface area contributed by atoms with E-state index >= 15 is 0 Å². The van der Waals surface area contributed by atoms with Crippen molar-refractivity contribution in [2.24, 2.45) is 9.98 Å². The summed E-state index contributed by atoms with van der Waals surface area (Å²) < 4.78 is 6.83. The van der Waals surface area contributed by atoms with Crippen LogP contribution in [0.1, 0.15) is 47.8 Å². The Morgan fingerprint density at radius 3 is 2.08 bits per heavy atom. The molecule has 0 saturated carbocycles. The number of hydrogen-bond donors (Lipinski definition) is 1. The summed E-state index contributed by atoms with van der Waals surface area (Å²) in [5.74, 6) is 1.39. The molecule has 0 saturated heterocycles. The van der Waals surface area contributed by atoms with Crippen LogP contribution in [-0.2, 0) is 5.41 Å². The lowest BCUT2D eigenvalue weighted by Crippen LogP contribution is -2.33. The topological polar surface area (TPSA) is 53.1 Å². The zero-order valence-electron chi connectivity index (χ0n) is 29.5. The monoisotopic (exact) mass is 684 g/mol. The lowest BCUT2D eigenvalue weighted by molar-refractivity contribution is 0.660. The Balaban J connectivity index is 1.20. The van der Waals surface area contributed by atoms with Gasteiger partial charge in [-0.05, 0) is 70.3 Å². The van der Waals surface area contributed by atoms with E-state index in [0.29, 0.717) is 5.84 Å². The molecule has 10 rings (SSSR count). The summed E-state index contributed by atoms with van der Waals surface area (Å²) in [6.07, 6.45) is -0.322. The number of benzene rings is 7. The van der Waals surface area contributed by atoms with Crippen molar-refractivity contribution in [1.82, 2.24) is 5.32 Å². The molecule has 2 aliphatic rings. The van der Waals surface area contributed by atoms with Gasteiger partial charge >= 0.3 is 0 Å². The minimum atomic E-state index is -0.322. The van der Waals surface area contributed by atoms with E-state index in [1.807, 2.05) is 48.5 Å². The summed E-state index contributed by atoms with van der Waals surface area (Å²) in [6.45, 7) is 4.66. The molecular weight excluding hydrogens is 649 g/mol. The molecule has 8 aromatic rings. The first-order valence-electron chi connectivity index (χ1n) is 18.1. The molecule has 7 aromatic carbocycles. The van der Waals surface area contributed by atoms with Gasteiger partial charge in [-0.3, -0.25) is 0 Å². The summed E-state index contributed by atoms with van der Waals surface area (Å²) in [5.41, 5.74) is 12.8. The smallest absolute Gasteiger partial charge is 0.163 e. The van der Waals surface area contributed by atoms with Crippen molar-refractivity contribution in [3.63, 3.8) is 0 Å². The normalized spacial score (nSPS) is 15.7. The van der Waals surface area contributed by atoms with Gasteiger partial charge in [-0.1, -0.05) is 141 Å². The van der Waals surface area contributed by atoms with Gasteiger partial charge in [-0.2, -0.15) is 0 Å². The Kier molecular flexibility index (Phi) is 7.15. The molecule has 5 nitrogen and oxygen atoms in total. The first kappa shape index (κ1) is 31.1. The van der Waals surface area contributed by atoms with Crippen molar-refractivity contribution in [2.45, 2.75) is 25.4 Å². The third kappa shape index (κ3) is 5.07. The van der Waals surface area contributed by atoms with Crippen molar-refractivity contribution < 1.29 is 4.42 Å². The lowest BCUT2D eigenvalue weighted by atomic mass is 9.82. The highest BCUT2D eigenvalue weighted by atomic mass is 16.3. The van der Waals surface area contributed by atoms with Gasteiger partial charge in [-0.15, -0.1) is 0 Å². The van der Waals surface area contributed by atoms with Crippen LogP contribution in [0.2, 0.25) is 0 Å². The van der Waals surface area contributed by atoms with Gasteiger partial charge in [0, 0.05) is 27.7 Å². The average molecular weight is 685 g/mol. The number of anilines is 3. The van der Waals surface area contributed by atoms with E-state index in [0.717, 1.165) is 61.5 Å². The molecule has 2 heterocycles. The Morgan fingerprint density at radius 2 is 1.26 bits per heavy atom. The molecule has 0 bridgehead atoms. The molecule has 0 fully saturated rings. The van der Waals surface area contributed by atoms with Crippen LogP contribution in [-0.4, -0.2) is 11.7 Å². The molecule has 1 atom stereocenters. The van der Waals surface area contributed by atoms with Gasteiger partial charge in [0.2, 0.25) is 0 Å². The first-order valence-corrected chi connectivity index (χ1v) is 18.1. The van der Waals surface area contributed by atoms with Gasteiger partial charge in [0.05, 0.1) is 16.6 Å². The summed E-state index contributed by atoms with van der Waals surface area (Å²) in [7, 11) is 0. The predicted molar refractivity (Wildman–Crippen MR) is 218 cm³/mol. The van der Waals surface area contributed by atoms with E-state index in [-0.39, 0.29) is 11.6 Å². The van der Waals surface area contributed by atoms with E-state index < -0.39 is 0 Å². The van der Waals surface area contributed by atoms with Gasteiger partial charge < -0.3 is 14.6 Å². The molecule has 1 aliphatic heterocycles. The van der Waals surface area contributed by atoms with Crippen LogP contribution in [0.25, 0.3) is 33.1 Å². The number of para-hydroxylation sites is 2. The number of fused-ring (bicyclic) bond motifs is 6. The van der Waals surface area contributed by atoms with E-state index in [4.69, 9.17) is 14.4 Å². The number of furan rings is 1. The van der Waals surface area contributed by atoms with Crippen LogP contribution in [0.4, 0.5) is 17.1 Å². The third-order valence-corrected chi connectivity index (χ3v) is 10.7. The van der Waals surface area contributed by atoms with Crippen molar-refractivity contribution >= 4 is 50.7 Å². The molecule has 1 N–H and O–H groups in total. The van der Waals surface area contributed by atoms with Crippen LogP contribution in [0.3, 0.4) is 0 Å². The molecule has 5 heteroatoms. The molecule has 1 aromatic heterocycles. The van der Waals surface area contributed by atoms with Crippen LogP contribution in [0.15, 0.2) is 184 Å². The highest BCUT2D eigenvalue weighted by molar-refractivity contribution is 6.22. The van der Waals surface area contributed by atoms with Gasteiger partial charge in [0.15, 0.2) is 5.84 Å². The van der Waals surface area contributed by atoms with Crippen molar-refractivity contribution in [1.29, 1.82) is 0 Å². The summed E-state index contributed by atoms with van der Waals surface area (Å²) in [4.78, 5) is 12.8. The van der Waals surface area contributed by atoms with Gasteiger partial charge in [0.1, 0.15) is 23.2 Å². The fourth-order valence-electron chi connectivity index (χ4n) is 8.13. The van der Waals surface area contributed by atoms with Crippen LogP contribution >= 0.6 is 0 Å². The highest BCUT2D eigenvalue weighted by Crippen LogP contribution is 2.51. The Morgan fingerprint density at radius 1 is 0.604 bits per heavy atom. The van der Waals surface area contributed by atoms with Crippen LogP contribution < -0.4 is 10.2 Å². The molecule has 1 aliphatic carbocycles. The maximum Gasteiger partial charge on any atom is 0.163 e. The van der Waals surface area contributed by atoms with E-state index in [1.165, 1.54) is 22.3 Å². The summed E-state index contributed by atoms with van der Waals surface area (Å²) in [5, 5.41) is 5.64. The second-order valence-electron chi connectivity index (χ2n) is 14.2. The Labute approximate surface area is 308 Å². The third-order valence-electron chi connectivity index (χ3n) is 10.7. The van der Waals surface area contributed by atoms with E-state index in [2.05, 4.69) is 145 Å². The van der Waals surface area contributed by atoms with Crippen molar-refractivity contribution in [3.05, 3.63) is 198 Å². The standard InChI is InChI=1S/C48H36N4O/c1-48(2)39-24-14-12-22-35(39)36-27-26-34(30-40(36)48)52(33-20-10-5-11-21-33)41-29-28-38(44-43(41)37-23-13-15-25-42(37)53-44)47-50-45(31-16-6-3-7-17-31)49-46(51-47)32-18-8-4-9-19-32/h3-30,45H,1-2H3,(H,49,50,51). The Hall–Kier alpha value is -6.72. The molecule has 254 valence electrons. The maximum atomic E-state index is 6.83. The first-order chi connectivity index (χ1) is 26.0. The van der Waals surface area contributed by atoms with Crippen molar-refractivity contribution in [2.75, 3.05) is 4.90 Å². The maximum absolute atomic E-state index is 6.83. The van der Waals surface area contributed by atoms with Gasteiger partial charge in [0.25, 0.3) is 0 Å². The minimum absolute atomic E-state index is 0.136. The number of aliphatic imine (C=N–C) groups is 2. The number of hydrogen-bond acceptors (Lipinski definition) is 5. The molecule has 0 spiro atoms. The number of nitrogens with zero attached hydrogens (tertiary/aromatic N) is 3. The Bertz CT molecular complexity index is 2730. The van der Waals surface area contributed by atoms with Crippen LogP contribution in [0.5, 0.6) is 0 Å². The second-order valence-corrected chi connectivity index (χ2v) is 14.2. The number of rotatable bonds is 6. The van der Waals surface area contributed by atoms with Crippen LogP contribution in [0, 0.1) is 0 Å². The molecule has 0 amide bonds. The van der Waals surface area contributed by atoms with Gasteiger partial charge in [-0.25, -0.2) is 9.98 Å². The zero-order chi connectivity index (χ0) is 35.5. The summed E-state index contributed by atoms with van der Waals surface area (Å²) >= 11 is 0. The van der Waals surface area contributed by atoms with E-state index in [9.17, 15) is 0 Å². The molecule has 0 radical (unpaired) electrons. The number of amidine groups is 2. The molecule has 1 unspecified atom stereocenters. The molecule has 53 heavy (non-hydrogen) atoms. The van der Waals surface area contributed by atoms with E-state index in [1.54, 1.807) is 0 Å². The fourth-order valence-corrected chi connectivity index (χ4v) is 8.13. The predicted octanol–water partition coefficient (Wildman–Crippen LogP) is 11.9. The highest BCUT2D eigenvalue weighted by Gasteiger charge is 2.36. The lowest BCUT2D eigenvalue weighted by Gasteiger charge is -2.29. The molecular formula is C48H36N4O. The quantitative estimate of drug-likeness (QED) is 0.190. The minimum Gasteiger partial charge on any atom is -0.455 e. The van der Waals surface area contributed by atoms with Crippen molar-refractivity contribution in [3.8, 4) is 11.1 Å².